The number of fused-ring (bicyclic) bond motifs is 3. The number of anilines is 2. The van der Waals surface area contributed by atoms with Crippen molar-refractivity contribution >= 4 is 79.5 Å². The Hall–Kier alpha value is -2.60. The van der Waals surface area contributed by atoms with Crippen LogP contribution in [-0.2, 0) is 4.79 Å². The quantitative estimate of drug-likeness (QED) is 0.252. The third-order valence-electron chi connectivity index (χ3n) is 5.68. The molecule has 6 nitrogen and oxygen atoms in total. The lowest BCUT2D eigenvalue weighted by molar-refractivity contribution is -0.113. The number of carbonyl (C=O) groups is 1. The van der Waals surface area contributed by atoms with Crippen LogP contribution in [0.3, 0.4) is 0 Å². The van der Waals surface area contributed by atoms with Crippen molar-refractivity contribution in [1.29, 1.82) is 0 Å². The van der Waals surface area contributed by atoms with Gasteiger partial charge in [0.2, 0.25) is 5.95 Å². The van der Waals surface area contributed by atoms with E-state index < -0.39 is 0 Å². The number of carbonyl (C=O) groups excluding carboxylic acids is 1. The van der Waals surface area contributed by atoms with Gasteiger partial charge in [-0.25, -0.2) is 4.98 Å². The number of hydrogen-bond donors (Lipinski definition) is 2. The van der Waals surface area contributed by atoms with Gasteiger partial charge in [0.05, 0.1) is 36.9 Å². The second-order valence-electron chi connectivity index (χ2n) is 7.67. The predicted octanol–water partition coefficient (Wildman–Crippen LogP) is 6.29. The molecule has 1 aliphatic heterocycles. The molecule has 1 aromatic heterocycles. The highest BCUT2D eigenvalue weighted by Crippen LogP contribution is 2.41. The second-order valence-corrected chi connectivity index (χ2v) is 10.00. The molecule has 0 saturated heterocycles. The number of imidazole rings is 1. The highest BCUT2D eigenvalue weighted by molar-refractivity contribution is 14.1. The van der Waals surface area contributed by atoms with Crippen molar-refractivity contribution in [3.05, 3.63) is 85.0 Å². The monoisotopic (exact) mass is 662 g/mol. The molecule has 5 rings (SSSR count). The number of amides is 1. The molecule has 0 radical (unpaired) electrons. The number of halogens is 2. The van der Waals surface area contributed by atoms with E-state index in [4.69, 9.17) is 9.72 Å². The summed E-state index contributed by atoms with van der Waals surface area (Å²) in [6, 6.07) is 21.2. The zero-order valence-corrected chi connectivity index (χ0v) is 22.2. The number of para-hydroxylation sites is 3. The summed E-state index contributed by atoms with van der Waals surface area (Å²) in [5.41, 5.74) is 5.05. The molecule has 1 amide bonds. The first kappa shape index (κ1) is 22.2. The van der Waals surface area contributed by atoms with Crippen molar-refractivity contribution in [2.45, 2.75) is 13.0 Å². The van der Waals surface area contributed by atoms with E-state index in [0.29, 0.717) is 5.57 Å². The molecular weight excluding hydrogens is 642 g/mol. The highest BCUT2D eigenvalue weighted by Gasteiger charge is 2.33. The Morgan fingerprint density at radius 2 is 1.73 bits per heavy atom. The smallest absolute Gasteiger partial charge is 0.255 e. The van der Waals surface area contributed by atoms with E-state index in [1.54, 1.807) is 7.11 Å². The summed E-state index contributed by atoms with van der Waals surface area (Å²) in [5, 5.41) is 6.59. The molecule has 4 aromatic rings. The lowest BCUT2D eigenvalue weighted by atomic mass is 9.94. The molecule has 33 heavy (non-hydrogen) atoms. The summed E-state index contributed by atoms with van der Waals surface area (Å²) < 4.78 is 9.53. The Labute approximate surface area is 218 Å². The van der Waals surface area contributed by atoms with Crippen LogP contribution in [0, 0.1) is 7.14 Å². The summed E-state index contributed by atoms with van der Waals surface area (Å²) in [6.45, 7) is 1.98. The molecule has 0 unspecified atom stereocenters. The molecule has 0 fully saturated rings. The van der Waals surface area contributed by atoms with Crippen molar-refractivity contribution in [2.75, 3.05) is 17.7 Å². The van der Waals surface area contributed by atoms with E-state index in [1.165, 1.54) is 0 Å². The van der Waals surface area contributed by atoms with Crippen LogP contribution in [0.25, 0.3) is 16.7 Å². The van der Waals surface area contributed by atoms with Crippen LogP contribution in [-0.4, -0.2) is 22.6 Å². The van der Waals surface area contributed by atoms with Gasteiger partial charge in [-0.2, -0.15) is 0 Å². The van der Waals surface area contributed by atoms with Gasteiger partial charge in [-0.15, -0.1) is 0 Å². The maximum Gasteiger partial charge on any atom is 0.255 e. The maximum atomic E-state index is 13.7. The third-order valence-corrected chi connectivity index (χ3v) is 7.29. The summed E-state index contributed by atoms with van der Waals surface area (Å²) in [7, 11) is 1.67. The largest absolute Gasteiger partial charge is 0.495 e. The van der Waals surface area contributed by atoms with Crippen molar-refractivity contribution in [2.24, 2.45) is 0 Å². The molecule has 3 aromatic carbocycles. The molecule has 166 valence electrons. The number of ether oxygens (including phenoxy) is 1. The van der Waals surface area contributed by atoms with Gasteiger partial charge in [0.25, 0.3) is 5.91 Å². The van der Waals surface area contributed by atoms with Gasteiger partial charge < -0.3 is 15.4 Å². The highest BCUT2D eigenvalue weighted by atomic mass is 127. The van der Waals surface area contributed by atoms with Gasteiger partial charge in [-0.1, -0.05) is 30.3 Å². The number of nitrogens with one attached hydrogen (secondary N) is 2. The number of benzene rings is 3. The number of allylic oxidation sites excluding steroid dienone is 1. The molecule has 0 saturated carbocycles. The fourth-order valence-electron chi connectivity index (χ4n) is 4.20. The predicted molar refractivity (Wildman–Crippen MR) is 148 cm³/mol. The van der Waals surface area contributed by atoms with Crippen LogP contribution < -0.4 is 15.4 Å². The van der Waals surface area contributed by atoms with Gasteiger partial charge in [0, 0.05) is 11.4 Å². The van der Waals surface area contributed by atoms with Crippen LogP contribution in [0.5, 0.6) is 5.75 Å². The third kappa shape index (κ3) is 3.99. The van der Waals surface area contributed by atoms with E-state index >= 15 is 0 Å². The second kappa shape index (κ2) is 8.98. The molecule has 0 spiro atoms. The topological polar surface area (TPSA) is 68.2 Å². The molecular formula is C25H20I2N4O2. The van der Waals surface area contributed by atoms with E-state index in [0.717, 1.165) is 46.8 Å². The van der Waals surface area contributed by atoms with Crippen LogP contribution in [0.15, 0.2) is 72.3 Å². The maximum absolute atomic E-state index is 13.7. The summed E-state index contributed by atoms with van der Waals surface area (Å²) >= 11 is 4.55. The van der Waals surface area contributed by atoms with Crippen molar-refractivity contribution in [3.63, 3.8) is 0 Å². The van der Waals surface area contributed by atoms with Gasteiger partial charge in [0.1, 0.15) is 5.75 Å². The van der Waals surface area contributed by atoms with Crippen molar-refractivity contribution < 1.29 is 9.53 Å². The molecule has 2 N–H and O–H groups in total. The first-order chi connectivity index (χ1) is 16.0. The van der Waals surface area contributed by atoms with E-state index in [1.807, 2.05) is 66.1 Å². The minimum absolute atomic E-state index is 0.152. The molecule has 8 heteroatoms. The van der Waals surface area contributed by atoms with Gasteiger partial charge in [-0.3, -0.25) is 9.36 Å². The number of hydrogen-bond acceptors (Lipinski definition) is 4. The Kier molecular flexibility index (Phi) is 6.04. The van der Waals surface area contributed by atoms with E-state index in [2.05, 4.69) is 67.9 Å². The van der Waals surface area contributed by atoms with Gasteiger partial charge >= 0.3 is 0 Å². The van der Waals surface area contributed by atoms with Crippen LogP contribution in [0.4, 0.5) is 11.6 Å². The fourth-order valence-corrected chi connectivity index (χ4v) is 6.46. The lowest BCUT2D eigenvalue weighted by Crippen LogP contribution is -2.30. The summed E-state index contributed by atoms with van der Waals surface area (Å²) in [4.78, 5) is 18.4. The fraction of sp³-hybridized carbons (Fsp3) is 0.120. The standard InChI is InChI=1S/C25H20I2N4O2/c1-14-21(24(32)28-16-8-4-3-5-9-16)22(15-12-17(26)23(33-2)18(27)13-15)30-25-29-19-10-6-7-11-20(19)31(14)25/h3-13,22H,1-2H3,(H,28,32)(H,29,30)/t22-/m1/s1. The Balaban J connectivity index is 1.68. The summed E-state index contributed by atoms with van der Waals surface area (Å²) in [6.07, 6.45) is 0. The van der Waals surface area contributed by atoms with E-state index in [-0.39, 0.29) is 11.9 Å². The number of aromatic nitrogens is 2. The van der Waals surface area contributed by atoms with Crippen molar-refractivity contribution in [1.82, 2.24) is 9.55 Å². The van der Waals surface area contributed by atoms with Gasteiger partial charge in [0.15, 0.2) is 0 Å². The van der Waals surface area contributed by atoms with Crippen LogP contribution in [0.2, 0.25) is 0 Å². The average molecular weight is 662 g/mol. The number of nitrogens with zero attached hydrogens (tertiary/aromatic N) is 2. The van der Waals surface area contributed by atoms with Crippen LogP contribution >= 0.6 is 45.2 Å². The van der Waals surface area contributed by atoms with Crippen molar-refractivity contribution in [3.8, 4) is 5.75 Å². The average Bonchev–Trinajstić information content (AvgIpc) is 3.18. The SMILES string of the molecule is COc1c(I)cc([C@H]2Nc3nc4ccccc4n3C(C)=C2C(=O)Nc2ccccc2)cc1I. The molecule has 1 aliphatic rings. The molecule has 0 bridgehead atoms. The number of rotatable bonds is 4. The summed E-state index contributed by atoms with van der Waals surface area (Å²) in [5.74, 6) is 1.40. The lowest BCUT2D eigenvalue weighted by Gasteiger charge is -2.30. The van der Waals surface area contributed by atoms with Gasteiger partial charge in [-0.05, 0) is 94.1 Å². The first-order valence-corrected chi connectivity index (χ1v) is 12.5. The zero-order valence-electron chi connectivity index (χ0n) is 17.9. The number of methoxy groups -OCH3 is 1. The molecule has 2 heterocycles. The normalized spacial score (nSPS) is 15.2. The Morgan fingerprint density at radius 1 is 1.06 bits per heavy atom. The van der Waals surface area contributed by atoms with Crippen LogP contribution in [0.1, 0.15) is 18.5 Å². The first-order valence-electron chi connectivity index (χ1n) is 10.3. The minimum Gasteiger partial charge on any atom is -0.495 e. The molecule has 1 atom stereocenters. The van der Waals surface area contributed by atoms with E-state index in [9.17, 15) is 4.79 Å². The Morgan fingerprint density at radius 3 is 2.42 bits per heavy atom. The zero-order chi connectivity index (χ0) is 23.1. The Bertz CT molecular complexity index is 1390. The molecule has 0 aliphatic carbocycles. The minimum atomic E-state index is -0.369.